The fraction of sp³-hybridized carbons (Fsp3) is 0.560. The number of likely N-dealkylation sites (tertiary alicyclic amines) is 1. The van der Waals surface area contributed by atoms with Crippen molar-refractivity contribution in [1.29, 1.82) is 0 Å². The zero-order valence-corrected chi connectivity index (χ0v) is 19.9. The lowest BCUT2D eigenvalue weighted by Gasteiger charge is -2.45. The van der Waals surface area contributed by atoms with Crippen LogP contribution in [0.15, 0.2) is 24.4 Å². The number of aromatic nitrogens is 4. The van der Waals surface area contributed by atoms with Gasteiger partial charge in [0.25, 0.3) is 0 Å². The number of alkyl halides is 1. The van der Waals surface area contributed by atoms with E-state index >= 15 is 4.39 Å². The summed E-state index contributed by atoms with van der Waals surface area (Å²) in [6, 6.07) is 6.48. The van der Waals surface area contributed by atoms with Gasteiger partial charge in [0, 0.05) is 37.0 Å². The van der Waals surface area contributed by atoms with Gasteiger partial charge in [0.1, 0.15) is 17.8 Å². The van der Waals surface area contributed by atoms with Crippen LogP contribution in [0.5, 0.6) is 0 Å². The van der Waals surface area contributed by atoms with Crippen molar-refractivity contribution in [3.63, 3.8) is 0 Å². The van der Waals surface area contributed by atoms with Crippen molar-refractivity contribution in [1.82, 2.24) is 24.6 Å². The minimum atomic E-state index is -0.908. The number of aliphatic hydroxyl groups is 1. The van der Waals surface area contributed by atoms with Crippen LogP contribution in [-0.2, 0) is 4.74 Å². The lowest BCUT2D eigenvalue weighted by atomic mass is 9.84. The van der Waals surface area contributed by atoms with Crippen LogP contribution in [0.25, 0.3) is 16.7 Å². The molecule has 0 saturated carbocycles. The van der Waals surface area contributed by atoms with Crippen LogP contribution < -0.4 is 4.90 Å². The Labute approximate surface area is 198 Å². The maximum absolute atomic E-state index is 15.4. The zero-order valence-electron chi connectivity index (χ0n) is 19.9. The Kier molecular flexibility index (Phi) is 5.13. The van der Waals surface area contributed by atoms with Crippen LogP contribution in [0.2, 0.25) is 0 Å². The molecule has 0 amide bonds. The first-order valence-corrected chi connectivity index (χ1v) is 12.0. The molecule has 0 unspecified atom stereocenters. The van der Waals surface area contributed by atoms with Crippen molar-refractivity contribution in [2.75, 3.05) is 44.3 Å². The molecule has 3 aliphatic heterocycles. The van der Waals surface area contributed by atoms with Crippen LogP contribution in [-0.4, -0.2) is 87.0 Å². The fourth-order valence-electron chi connectivity index (χ4n) is 5.58. The van der Waals surface area contributed by atoms with Crippen LogP contribution in [0.3, 0.4) is 0 Å². The third-order valence-electron chi connectivity index (χ3n) is 7.48. The normalized spacial score (nSPS) is 25.4. The van der Waals surface area contributed by atoms with Gasteiger partial charge in [-0.2, -0.15) is 5.10 Å². The lowest BCUT2D eigenvalue weighted by molar-refractivity contribution is -0.0807. The predicted molar refractivity (Wildman–Crippen MR) is 127 cm³/mol. The predicted octanol–water partition coefficient (Wildman–Crippen LogP) is 2.53. The average molecular weight is 467 g/mol. The Hall–Kier alpha value is -2.62. The molecule has 3 aliphatic rings. The van der Waals surface area contributed by atoms with Crippen molar-refractivity contribution in [2.45, 2.75) is 50.9 Å². The number of β-amino-alcohol motifs (C(OH)–C–C–N with tert-alkyl or cyclic N) is 1. The van der Waals surface area contributed by atoms with Gasteiger partial charge >= 0.3 is 0 Å². The molecule has 9 heteroatoms. The average Bonchev–Trinajstić information content (AvgIpc) is 3.12. The molecule has 0 spiro atoms. The van der Waals surface area contributed by atoms with E-state index in [1.807, 2.05) is 35.7 Å². The summed E-state index contributed by atoms with van der Waals surface area (Å²) in [6.07, 6.45) is 1.72. The number of fused-ring (bicyclic) bond motifs is 1. The molecule has 180 valence electrons. The van der Waals surface area contributed by atoms with Gasteiger partial charge in [0.05, 0.1) is 36.6 Å². The molecule has 0 bridgehead atoms. The summed E-state index contributed by atoms with van der Waals surface area (Å²) < 4.78 is 22.5. The van der Waals surface area contributed by atoms with Crippen LogP contribution >= 0.6 is 0 Å². The highest BCUT2D eigenvalue weighted by Crippen LogP contribution is 2.36. The number of aryl methyl sites for hydroxylation is 2. The van der Waals surface area contributed by atoms with E-state index in [-0.39, 0.29) is 5.92 Å². The molecule has 6 rings (SSSR count). The minimum absolute atomic E-state index is 0.129. The Morgan fingerprint density at radius 1 is 1.12 bits per heavy atom. The number of halogens is 1. The summed E-state index contributed by atoms with van der Waals surface area (Å²) in [6.45, 7) is 9.62. The van der Waals surface area contributed by atoms with Gasteiger partial charge in [-0.3, -0.25) is 4.90 Å². The van der Waals surface area contributed by atoms with Gasteiger partial charge in [-0.05, 0) is 57.0 Å². The number of hydrogen-bond acceptors (Lipinski definition) is 7. The zero-order chi connectivity index (χ0) is 23.6. The van der Waals surface area contributed by atoms with Gasteiger partial charge in [0.15, 0.2) is 5.82 Å². The molecular formula is C25H31FN6O2. The van der Waals surface area contributed by atoms with Crippen LogP contribution in [0.4, 0.5) is 10.2 Å². The first kappa shape index (κ1) is 21.9. The molecule has 34 heavy (non-hydrogen) atoms. The molecule has 2 aromatic heterocycles. The number of hydrogen-bond donors (Lipinski definition) is 1. The van der Waals surface area contributed by atoms with Gasteiger partial charge in [0.2, 0.25) is 0 Å². The third-order valence-corrected chi connectivity index (χ3v) is 7.48. The van der Waals surface area contributed by atoms with E-state index in [0.29, 0.717) is 37.3 Å². The van der Waals surface area contributed by atoms with Crippen molar-refractivity contribution in [2.24, 2.45) is 0 Å². The molecule has 8 nitrogen and oxygen atoms in total. The summed E-state index contributed by atoms with van der Waals surface area (Å²) in [5, 5.41) is 15.8. The molecule has 3 aromatic rings. The summed E-state index contributed by atoms with van der Waals surface area (Å²) in [5.74, 6) is 1.97. The van der Waals surface area contributed by atoms with Gasteiger partial charge in [-0.25, -0.2) is 19.0 Å². The molecular weight excluding hydrogens is 435 g/mol. The summed E-state index contributed by atoms with van der Waals surface area (Å²) in [5.41, 5.74) is 2.38. The number of ether oxygens (including phenoxy) is 1. The van der Waals surface area contributed by atoms with E-state index in [0.717, 1.165) is 54.0 Å². The smallest absolute Gasteiger partial charge is 0.159 e. The Balaban J connectivity index is 1.33. The van der Waals surface area contributed by atoms with Gasteiger partial charge < -0.3 is 14.7 Å². The Morgan fingerprint density at radius 2 is 1.88 bits per heavy atom. The van der Waals surface area contributed by atoms with Crippen molar-refractivity contribution in [3.8, 4) is 5.82 Å². The Morgan fingerprint density at radius 3 is 2.56 bits per heavy atom. The van der Waals surface area contributed by atoms with Gasteiger partial charge in [-0.15, -0.1) is 0 Å². The van der Waals surface area contributed by atoms with E-state index in [1.54, 1.807) is 0 Å². The van der Waals surface area contributed by atoms with Crippen molar-refractivity contribution in [3.05, 3.63) is 41.3 Å². The molecule has 0 aliphatic carbocycles. The maximum atomic E-state index is 15.4. The van der Waals surface area contributed by atoms with E-state index < -0.39 is 11.8 Å². The highest BCUT2D eigenvalue weighted by Gasteiger charge is 2.38. The van der Waals surface area contributed by atoms with Crippen molar-refractivity contribution < 1.29 is 14.2 Å². The first-order chi connectivity index (χ1) is 16.3. The second-order valence-electron chi connectivity index (χ2n) is 10.4. The molecule has 0 radical (unpaired) electrons. The molecule has 5 heterocycles. The second kappa shape index (κ2) is 7.96. The molecule has 2 atom stereocenters. The number of benzene rings is 1. The molecule has 1 N–H and O–H groups in total. The summed E-state index contributed by atoms with van der Waals surface area (Å²) >= 11 is 0. The molecule has 1 aromatic carbocycles. The maximum Gasteiger partial charge on any atom is 0.159 e. The van der Waals surface area contributed by atoms with Crippen molar-refractivity contribution >= 4 is 16.7 Å². The largest absolute Gasteiger partial charge is 0.386 e. The topological polar surface area (TPSA) is 79.5 Å². The van der Waals surface area contributed by atoms with E-state index in [2.05, 4.69) is 39.0 Å². The second-order valence-corrected chi connectivity index (χ2v) is 10.4. The van der Waals surface area contributed by atoms with Gasteiger partial charge in [-0.1, -0.05) is 0 Å². The summed E-state index contributed by atoms with van der Waals surface area (Å²) in [7, 11) is 0. The highest BCUT2D eigenvalue weighted by atomic mass is 19.1. The van der Waals surface area contributed by atoms with E-state index in [9.17, 15) is 5.11 Å². The van der Waals surface area contributed by atoms with Crippen LogP contribution in [0, 0.1) is 13.8 Å². The number of piperidine rings is 1. The molecule has 3 saturated heterocycles. The lowest BCUT2D eigenvalue weighted by Crippen LogP contribution is -2.60. The minimum Gasteiger partial charge on any atom is -0.386 e. The number of anilines is 1. The third kappa shape index (κ3) is 3.76. The van der Waals surface area contributed by atoms with E-state index in [4.69, 9.17) is 4.74 Å². The molecule has 3 fully saturated rings. The van der Waals surface area contributed by atoms with E-state index in [1.165, 1.54) is 0 Å². The quantitative estimate of drug-likeness (QED) is 0.633. The van der Waals surface area contributed by atoms with Crippen LogP contribution in [0.1, 0.15) is 36.2 Å². The monoisotopic (exact) mass is 466 g/mol. The SMILES string of the molecule is Cc1nc(N2CC(C)(O)C2)cc(-n2ncc3cc(C)c([C@H]4CCN(C5COC5)C[C@H]4F)cc32)n1. The summed E-state index contributed by atoms with van der Waals surface area (Å²) in [4.78, 5) is 13.5. The standard InChI is InChI=1S/C25H31FN6O2/c1-15-6-17-9-27-32(24-8-23(28-16(2)29-24)31-13-25(3,33)14-31)22(17)7-20(15)19-4-5-30(10-21(19)26)18-11-34-12-18/h6-9,18-19,21,33H,4-5,10-14H2,1-3H3/t19-,21-/m1/s1. The number of nitrogens with zero attached hydrogens (tertiary/aromatic N) is 6. The fourth-order valence-corrected chi connectivity index (χ4v) is 5.58. The first-order valence-electron chi connectivity index (χ1n) is 12.0. The number of rotatable bonds is 4. The highest BCUT2D eigenvalue weighted by molar-refractivity contribution is 5.82. The Bertz CT molecular complexity index is 1230.